The maximum atomic E-state index is 13.1. The van der Waals surface area contributed by atoms with Gasteiger partial charge in [-0.2, -0.15) is 0 Å². The average Bonchev–Trinajstić information content (AvgIpc) is 2.09. The van der Waals surface area contributed by atoms with E-state index in [1.54, 1.807) is 13.8 Å². The topological polar surface area (TPSA) is 35.2 Å². The zero-order chi connectivity index (χ0) is 10.7. The normalized spacial score (nSPS) is 11.8. The molecule has 0 spiro atoms. The summed E-state index contributed by atoms with van der Waals surface area (Å²) in [6, 6.07) is 1.96. The number of hydrogen-bond donors (Lipinski definition) is 1. The van der Waals surface area contributed by atoms with Crippen LogP contribution in [0.15, 0.2) is 12.1 Å². The summed E-state index contributed by atoms with van der Waals surface area (Å²) in [5.74, 6) is -1.23. The number of rotatable bonds is 3. The summed E-state index contributed by atoms with van der Waals surface area (Å²) in [5.41, 5.74) is 5.79. The maximum Gasteiger partial charge on any atom is 0.167 e. The fourth-order valence-corrected chi connectivity index (χ4v) is 0.963. The van der Waals surface area contributed by atoms with Gasteiger partial charge in [0.1, 0.15) is 12.4 Å². The Kier molecular flexibility index (Phi) is 5.54. The van der Waals surface area contributed by atoms with Gasteiger partial charge in [0.25, 0.3) is 0 Å². The van der Waals surface area contributed by atoms with Crippen LogP contribution in [0.2, 0.25) is 0 Å². The summed E-state index contributed by atoms with van der Waals surface area (Å²) in [5, 5.41) is 0. The van der Waals surface area contributed by atoms with Crippen LogP contribution in [0.3, 0.4) is 0 Å². The van der Waals surface area contributed by atoms with Crippen LogP contribution in [0.4, 0.5) is 8.78 Å². The highest BCUT2D eigenvalue weighted by atomic mass is 35.5. The lowest BCUT2D eigenvalue weighted by Gasteiger charge is -2.10. The number of benzene rings is 1. The molecule has 0 aromatic heterocycles. The van der Waals surface area contributed by atoms with Crippen LogP contribution in [-0.4, -0.2) is 12.6 Å². The molecule has 0 heterocycles. The summed E-state index contributed by atoms with van der Waals surface area (Å²) in [7, 11) is 0. The van der Waals surface area contributed by atoms with Gasteiger partial charge in [0.05, 0.1) is 0 Å². The molecule has 0 aliphatic rings. The Hall–Kier alpha value is -0.870. The molecule has 0 saturated carbocycles. The van der Waals surface area contributed by atoms with Crippen molar-refractivity contribution in [1.29, 1.82) is 0 Å². The summed E-state index contributed by atoms with van der Waals surface area (Å²) in [4.78, 5) is 0. The van der Waals surface area contributed by atoms with E-state index in [1.165, 1.54) is 6.07 Å². The number of halogens is 3. The molecule has 0 aliphatic carbocycles. The molecule has 0 bridgehead atoms. The van der Waals surface area contributed by atoms with E-state index in [9.17, 15) is 8.78 Å². The zero-order valence-corrected chi connectivity index (χ0v) is 9.41. The van der Waals surface area contributed by atoms with E-state index in [2.05, 4.69) is 0 Å². The number of hydrogen-bond acceptors (Lipinski definition) is 2. The lowest BCUT2D eigenvalue weighted by Crippen LogP contribution is -2.23. The van der Waals surface area contributed by atoms with Crippen molar-refractivity contribution in [2.75, 3.05) is 6.61 Å². The third-order valence-electron chi connectivity index (χ3n) is 1.71. The Labute approximate surface area is 93.8 Å². The highest BCUT2D eigenvalue weighted by Gasteiger charge is 2.08. The van der Waals surface area contributed by atoms with Crippen LogP contribution < -0.4 is 10.5 Å². The van der Waals surface area contributed by atoms with Crippen molar-refractivity contribution in [3.63, 3.8) is 0 Å². The van der Waals surface area contributed by atoms with Gasteiger partial charge in [0.2, 0.25) is 0 Å². The predicted octanol–water partition coefficient (Wildman–Crippen LogP) is 2.42. The Morgan fingerprint density at radius 3 is 2.47 bits per heavy atom. The van der Waals surface area contributed by atoms with Crippen molar-refractivity contribution < 1.29 is 13.5 Å². The van der Waals surface area contributed by atoms with Crippen LogP contribution in [0.5, 0.6) is 5.75 Å². The average molecular weight is 238 g/mol. The Morgan fingerprint density at radius 2 is 1.93 bits per heavy atom. The lowest BCUT2D eigenvalue weighted by molar-refractivity contribution is 0.281. The second kappa shape index (κ2) is 5.88. The van der Waals surface area contributed by atoms with E-state index >= 15 is 0 Å². The van der Waals surface area contributed by atoms with E-state index in [-0.39, 0.29) is 30.8 Å². The van der Waals surface area contributed by atoms with Crippen LogP contribution >= 0.6 is 12.4 Å². The zero-order valence-electron chi connectivity index (χ0n) is 8.59. The van der Waals surface area contributed by atoms with Gasteiger partial charge in [-0.05, 0) is 25.5 Å². The number of ether oxygens (including phenoxy) is 1. The molecule has 86 valence electrons. The molecule has 1 aromatic rings. The third kappa shape index (κ3) is 4.01. The van der Waals surface area contributed by atoms with Gasteiger partial charge in [0, 0.05) is 12.1 Å². The quantitative estimate of drug-likeness (QED) is 0.876. The molecule has 0 saturated heterocycles. The first kappa shape index (κ1) is 14.1. The minimum atomic E-state index is -0.700. The van der Waals surface area contributed by atoms with E-state index in [0.717, 1.165) is 6.07 Å². The van der Waals surface area contributed by atoms with Crippen molar-refractivity contribution in [3.05, 3.63) is 29.3 Å². The van der Waals surface area contributed by atoms with Crippen molar-refractivity contribution in [1.82, 2.24) is 0 Å². The monoisotopic (exact) mass is 237 g/mol. The second-order valence-electron chi connectivity index (χ2n) is 3.32. The van der Waals surface area contributed by atoms with Crippen LogP contribution in [-0.2, 0) is 0 Å². The molecule has 0 unspecified atom stereocenters. The minimum absolute atomic E-state index is 0. The van der Waals surface area contributed by atoms with Gasteiger partial charge in [-0.25, -0.2) is 8.78 Å². The van der Waals surface area contributed by atoms with Crippen molar-refractivity contribution in [2.45, 2.75) is 19.9 Å². The van der Waals surface area contributed by atoms with Crippen molar-refractivity contribution in [2.24, 2.45) is 5.73 Å². The molecule has 0 aliphatic heterocycles. The van der Waals surface area contributed by atoms with Gasteiger partial charge >= 0.3 is 0 Å². The first-order valence-electron chi connectivity index (χ1n) is 4.34. The van der Waals surface area contributed by atoms with Crippen LogP contribution in [0, 0.1) is 18.6 Å². The fraction of sp³-hybridized carbons (Fsp3) is 0.400. The largest absolute Gasteiger partial charge is 0.489 e. The van der Waals surface area contributed by atoms with Gasteiger partial charge in [-0.3, -0.25) is 0 Å². The van der Waals surface area contributed by atoms with Crippen LogP contribution in [0.25, 0.3) is 0 Å². The Balaban J connectivity index is 0.00000196. The molecule has 1 aromatic carbocycles. The molecule has 2 nitrogen and oxygen atoms in total. The molecule has 15 heavy (non-hydrogen) atoms. The maximum absolute atomic E-state index is 13.1. The highest BCUT2D eigenvalue weighted by Crippen LogP contribution is 2.21. The molecular weight excluding hydrogens is 224 g/mol. The summed E-state index contributed by atoms with van der Waals surface area (Å²) in [6.07, 6.45) is 0. The first-order chi connectivity index (χ1) is 6.50. The standard InChI is InChI=1S/C10H13F2NO.ClH/c1-6-3-10(14-5-7(2)13)9(12)4-8(6)11;/h3-4,7H,5,13H2,1-2H3;1H/t7-;/m0./s1. The molecule has 1 rings (SSSR count). The molecule has 0 amide bonds. The van der Waals surface area contributed by atoms with Crippen LogP contribution in [0.1, 0.15) is 12.5 Å². The van der Waals surface area contributed by atoms with Gasteiger partial charge in [0.15, 0.2) is 11.6 Å². The van der Waals surface area contributed by atoms with E-state index in [0.29, 0.717) is 5.56 Å². The van der Waals surface area contributed by atoms with Crippen molar-refractivity contribution >= 4 is 12.4 Å². The first-order valence-corrected chi connectivity index (χ1v) is 4.34. The van der Waals surface area contributed by atoms with Crippen molar-refractivity contribution in [3.8, 4) is 5.75 Å². The van der Waals surface area contributed by atoms with Gasteiger partial charge in [-0.1, -0.05) is 0 Å². The summed E-state index contributed by atoms with van der Waals surface area (Å²) in [6.45, 7) is 3.50. The Bertz CT molecular complexity index is 331. The third-order valence-corrected chi connectivity index (χ3v) is 1.71. The fourth-order valence-electron chi connectivity index (χ4n) is 0.963. The number of nitrogens with two attached hydrogens (primary N) is 1. The molecule has 0 radical (unpaired) electrons. The molecule has 2 N–H and O–H groups in total. The molecule has 1 atom stereocenters. The summed E-state index contributed by atoms with van der Waals surface area (Å²) < 4.78 is 31.0. The SMILES string of the molecule is Cc1cc(OC[C@H](C)N)c(F)cc1F.Cl. The minimum Gasteiger partial charge on any atom is -0.489 e. The number of aryl methyl sites for hydroxylation is 1. The van der Waals surface area contributed by atoms with Gasteiger partial charge in [-0.15, -0.1) is 12.4 Å². The molecule has 0 fully saturated rings. The summed E-state index contributed by atoms with van der Waals surface area (Å²) >= 11 is 0. The lowest BCUT2D eigenvalue weighted by atomic mass is 10.2. The second-order valence-corrected chi connectivity index (χ2v) is 3.32. The van der Waals surface area contributed by atoms with Gasteiger partial charge < -0.3 is 10.5 Å². The molecular formula is C10H14ClF2NO. The highest BCUT2D eigenvalue weighted by molar-refractivity contribution is 5.85. The smallest absolute Gasteiger partial charge is 0.167 e. The molecule has 5 heteroatoms. The predicted molar refractivity (Wildman–Crippen MR) is 57.5 cm³/mol. The Morgan fingerprint density at radius 1 is 1.33 bits per heavy atom. The van der Waals surface area contributed by atoms with E-state index in [4.69, 9.17) is 10.5 Å². The van der Waals surface area contributed by atoms with E-state index in [1.807, 2.05) is 0 Å². The van der Waals surface area contributed by atoms with E-state index < -0.39 is 11.6 Å².